The van der Waals surface area contributed by atoms with Crippen molar-refractivity contribution in [3.05, 3.63) is 34.5 Å². The second kappa shape index (κ2) is 5.37. The molecule has 3 rings (SSSR count). The summed E-state index contributed by atoms with van der Waals surface area (Å²) in [6, 6.07) is 4.10. The Bertz CT molecular complexity index is 685. The Morgan fingerprint density at radius 1 is 1.10 bits per heavy atom. The second-order valence-electron chi connectivity index (χ2n) is 5.14. The van der Waals surface area contributed by atoms with Crippen LogP contribution in [0.25, 0.3) is 10.9 Å². The van der Waals surface area contributed by atoms with Crippen LogP contribution in [0.5, 0.6) is 5.75 Å². The van der Waals surface area contributed by atoms with Gasteiger partial charge in [-0.15, -0.1) is 13.2 Å². The summed E-state index contributed by atoms with van der Waals surface area (Å²) < 4.78 is 40.8. The van der Waals surface area contributed by atoms with Gasteiger partial charge >= 0.3 is 6.36 Å². The largest absolute Gasteiger partial charge is 0.573 e. The molecule has 1 aromatic heterocycles. The Balaban J connectivity index is 2.10. The van der Waals surface area contributed by atoms with E-state index in [2.05, 4.69) is 9.72 Å². The first-order valence-corrected chi connectivity index (χ1v) is 7.18. The van der Waals surface area contributed by atoms with Crippen molar-refractivity contribution in [2.45, 2.75) is 38.5 Å². The molecule has 1 heterocycles. The van der Waals surface area contributed by atoms with Gasteiger partial charge in [0, 0.05) is 11.1 Å². The highest BCUT2D eigenvalue weighted by Crippen LogP contribution is 2.35. The molecule has 0 aliphatic heterocycles. The van der Waals surface area contributed by atoms with E-state index in [9.17, 15) is 13.2 Å². The molecular weight excluding hydrogens is 303 g/mol. The van der Waals surface area contributed by atoms with E-state index in [1.54, 1.807) is 0 Å². The van der Waals surface area contributed by atoms with Crippen molar-refractivity contribution in [2.24, 2.45) is 0 Å². The van der Waals surface area contributed by atoms with Crippen LogP contribution in [-0.4, -0.2) is 11.3 Å². The summed E-state index contributed by atoms with van der Waals surface area (Å²) in [5.41, 5.74) is 2.54. The van der Waals surface area contributed by atoms with Gasteiger partial charge in [-0.3, -0.25) is 4.98 Å². The monoisotopic (exact) mass is 315 g/mol. The Morgan fingerprint density at radius 3 is 2.62 bits per heavy atom. The highest BCUT2D eigenvalue weighted by Gasteiger charge is 2.31. The van der Waals surface area contributed by atoms with Crippen molar-refractivity contribution in [1.29, 1.82) is 0 Å². The molecule has 21 heavy (non-hydrogen) atoms. The van der Waals surface area contributed by atoms with Crippen LogP contribution in [0.3, 0.4) is 0 Å². The van der Waals surface area contributed by atoms with Crippen molar-refractivity contribution >= 4 is 22.5 Å². The number of benzene rings is 1. The second-order valence-corrected chi connectivity index (χ2v) is 5.52. The number of hydrogen-bond donors (Lipinski definition) is 0. The molecule has 6 heteroatoms. The van der Waals surface area contributed by atoms with E-state index >= 15 is 0 Å². The maximum Gasteiger partial charge on any atom is 0.573 e. The molecule has 0 saturated carbocycles. The number of aromatic nitrogens is 1. The zero-order valence-corrected chi connectivity index (χ0v) is 11.9. The van der Waals surface area contributed by atoms with Crippen LogP contribution < -0.4 is 4.74 Å². The lowest BCUT2D eigenvalue weighted by atomic mass is 10.0. The Hall–Kier alpha value is -1.49. The van der Waals surface area contributed by atoms with Crippen LogP contribution >= 0.6 is 11.6 Å². The van der Waals surface area contributed by atoms with Gasteiger partial charge in [0.2, 0.25) is 0 Å². The third-order valence-corrected chi connectivity index (χ3v) is 4.08. The summed E-state index contributed by atoms with van der Waals surface area (Å²) in [6.07, 6.45) is 0.188. The number of hydrogen-bond acceptors (Lipinski definition) is 2. The molecule has 1 aromatic carbocycles. The quantitative estimate of drug-likeness (QED) is 0.687. The fraction of sp³-hybridized carbons (Fsp3) is 0.400. The third-order valence-electron chi connectivity index (χ3n) is 3.65. The molecule has 2 nitrogen and oxygen atoms in total. The van der Waals surface area contributed by atoms with Crippen LogP contribution in [-0.2, 0) is 12.8 Å². The van der Waals surface area contributed by atoms with Gasteiger partial charge in [0.05, 0.1) is 10.5 Å². The summed E-state index contributed by atoms with van der Waals surface area (Å²) in [6.45, 7) is 0. The van der Waals surface area contributed by atoms with Crippen LogP contribution in [0.15, 0.2) is 18.2 Å². The number of aryl methyl sites for hydroxylation is 1. The van der Waals surface area contributed by atoms with E-state index in [1.807, 2.05) is 0 Å². The third kappa shape index (κ3) is 3.07. The zero-order valence-electron chi connectivity index (χ0n) is 11.1. The number of halogens is 4. The molecule has 0 amide bonds. The molecule has 1 aliphatic rings. The lowest BCUT2D eigenvalue weighted by molar-refractivity contribution is -0.274. The van der Waals surface area contributed by atoms with Gasteiger partial charge in [-0.05, 0) is 49.4 Å². The van der Waals surface area contributed by atoms with Gasteiger partial charge in [-0.25, -0.2) is 0 Å². The first-order valence-electron chi connectivity index (χ1n) is 6.81. The average Bonchev–Trinajstić information content (AvgIpc) is 2.63. The number of rotatable bonds is 1. The van der Waals surface area contributed by atoms with Gasteiger partial charge in [0.1, 0.15) is 5.75 Å². The summed E-state index contributed by atoms with van der Waals surface area (Å²) >= 11 is 6.40. The topological polar surface area (TPSA) is 22.1 Å². The minimum Gasteiger partial charge on any atom is -0.406 e. The van der Waals surface area contributed by atoms with E-state index in [1.165, 1.54) is 18.2 Å². The van der Waals surface area contributed by atoms with E-state index < -0.39 is 6.36 Å². The molecule has 0 N–H and O–H groups in total. The molecule has 0 bridgehead atoms. The van der Waals surface area contributed by atoms with Crippen LogP contribution in [0, 0.1) is 0 Å². The Labute approximate surface area is 124 Å². The van der Waals surface area contributed by atoms with E-state index in [0.29, 0.717) is 15.9 Å². The van der Waals surface area contributed by atoms with Crippen LogP contribution in [0.1, 0.15) is 30.5 Å². The SMILES string of the molecule is FC(F)(F)Oc1ccc2nc3c(c(Cl)c2c1)CCCCC3. The number of alkyl halides is 3. The molecule has 0 saturated heterocycles. The zero-order chi connectivity index (χ0) is 15.0. The fourth-order valence-electron chi connectivity index (χ4n) is 2.72. The summed E-state index contributed by atoms with van der Waals surface area (Å²) in [5, 5.41) is 1.02. The van der Waals surface area contributed by atoms with Crippen molar-refractivity contribution in [2.75, 3.05) is 0 Å². The smallest absolute Gasteiger partial charge is 0.406 e. The fourth-order valence-corrected chi connectivity index (χ4v) is 3.07. The van der Waals surface area contributed by atoms with Gasteiger partial charge in [0.25, 0.3) is 0 Å². The summed E-state index contributed by atoms with van der Waals surface area (Å²) in [4.78, 5) is 4.55. The molecular formula is C15H13ClF3NO. The predicted molar refractivity (Wildman–Crippen MR) is 74.7 cm³/mol. The van der Waals surface area contributed by atoms with Crippen molar-refractivity contribution in [1.82, 2.24) is 4.98 Å². The maximum atomic E-state index is 12.3. The highest BCUT2D eigenvalue weighted by molar-refractivity contribution is 6.36. The molecule has 1 aliphatic carbocycles. The molecule has 0 atom stereocenters. The number of fused-ring (bicyclic) bond motifs is 2. The van der Waals surface area contributed by atoms with E-state index in [-0.39, 0.29) is 5.75 Å². The van der Waals surface area contributed by atoms with Gasteiger partial charge in [-0.2, -0.15) is 0 Å². The van der Waals surface area contributed by atoms with Crippen molar-refractivity contribution in [3.8, 4) is 5.75 Å². The minimum atomic E-state index is -4.71. The first-order chi connectivity index (χ1) is 9.94. The first kappa shape index (κ1) is 14.4. The normalized spacial score (nSPS) is 15.6. The molecule has 112 valence electrons. The summed E-state index contributed by atoms with van der Waals surface area (Å²) in [5.74, 6) is -0.271. The van der Waals surface area contributed by atoms with E-state index in [0.717, 1.165) is 43.4 Å². The van der Waals surface area contributed by atoms with Gasteiger partial charge in [0.15, 0.2) is 0 Å². The molecule has 0 spiro atoms. The standard InChI is InChI=1S/C15H13ClF3NO/c16-14-10-4-2-1-3-5-12(10)20-13-7-6-9(8-11(13)14)21-15(17,18)19/h6-8H,1-5H2. The molecule has 0 unspecified atom stereocenters. The van der Waals surface area contributed by atoms with Crippen LogP contribution in [0.2, 0.25) is 5.02 Å². The lowest BCUT2D eigenvalue weighted by Gasteiger charge is -2.13. The number of nitrogens with zero attached hydrogens (tertiary/aromatic N) is 1. The highest BCUT2D eigenvalue weighted by atomic mass is 35.5. The Kier molecular flexibility index (Phi) is 3.69. The van der Waals surface area contributed by atoms with Crippen molar-refractivity contribution in [3.63, 3.8) is 0 Å². The molecule has 0 radical (unpaired) electrons. The van der Waals surface area contributed by atoms with Gasteiger partial charge < -0.3 is 4.74 Å². The van der Waals surface area contributed by atoms with Gasteiger partial charge in [-0.1, -0.05) is 18.0 Å². The number of ether oxygens (including phenoxy) is 1. The molecule has 0 fully saturated rings. The maximum absolute atomic E-state index is 12.3. The average molecular weight is 316 g/mol. The summed E-state index contributed by atoms with van der Waals surface area (Å²) in [7, 11) is 0. The molecule has 2 aromatic rings. The number of pyridine rings is 1. The van der Waals surface area contributed by atoms with Crippen molar-refractivity contribution < 1.29 is 17.9 Å². The van der Waals surface area contributed by atoms with E-state index in [4.69, 9.17) is 11.6 Å². The lowest BCUT2D eigenvalue weighted by Crippen LogP contribution is -2.17. The Morgan fingerprint density at radius 2 is 1.86 bits per heavy atom. The minimum absolute atomic E-state index is 0.271. The predicted octanol–water partition coefficient (Wildman–Crippen LogP) is 5.06. The van der Waals surface area contributed by atoms with Crippen LogP contribution in [0.4, 0.5) is 13.2 Å².